The van der Waals surface area contributed by atoms with Crippen molar-refractivity contribution >= 4 is 30.1 Å². The van der Waals surface area contributed by atoms with E-state index in [9.17, 15) is 4.79 Å². The Morgan fingerprint density at radius 2 is 1.77 bits per heavy atom. The summed E-state index contributed by atoms with van der Waals surface area (Å²) in [5.41, 5.74) is 1.02. The predicted molar refractivity (Wildman–Crippen MR) is 106 cm³/mol. The van der Waals surface area contributed by atoms with Gasteiger partial charge >= 0.3 is 7.12 Å². The molecule has 26 heavy (non-hydrogen) atoms. The van der Waals surface area contributed by atoms with Gasteiger partial charge in [-0.1, -0.05) is 30.0 Å². The second-order valence-electron chi connectivity index (χ2n) is 7.23. The second kappa shape index (κ2) is 8.61. The third-order valence-electron chi connectivity index (χ3n) is 4.59. The first-order valence-corrected chi connectivity index (χ1v) is 9.66. The molecular formula is C19H27BO5S. The highest BCUT2D eigenvalue weighted by Gasteiger charge is 2.52. The topological polar surface area (TPSA) is 65.0 Å². The summed E-state index contributed by atoms with van der Waals surface area (Å²) in [4.78, 5) is 11.4. The van der Waals surface area contributed by atoms with Crippen molar-refractivity contribution < 1.29 is 23.9 Å². The van der Waals surface area contributed by atoms with Crippen molar-refractivity contribution in [2.75, 3.05) is 19.0 Å². The lowest BCUT2D eigenvalue weighted by Crippen LogP contribution is -2.41. The SMILES string of the molecule is CC(=O)SCC(=Cc1ccc(OCCO)cc1)B1OC(C)(C)C(C)(C)O1. The lowest BCUT2D eigenvalue weighted by Gasteiger charge is -2.32. The standard InChI is InChI=1S/C19H27BO5S/c1-14(22)26-13-16(20-24-18(2,3)19(4,5)25-20)12-15-6-8-17(9-7-15)23-11-10-21/h6-9,12,21H,10-11,13H2,1-5H3. The molecule has 1 N–H and O–H groups in total. The molecule has 0 aromatic heterocycles. The summed E-state index contributed by atoms with van der Waals surface area (Å²) in [6.45, 7) is 9.84. The van der Waals surface area contributed by atoms with E-state index in [1.165, 1.54) is 11.8 Å². The van der Waals surface area contributed by atoms with Gasteiger partial charge in [-0.2, -0.15) is 0 Å². The van der Waals surface area contributed by atoms with Crippen LogP contribution in [0.1, 0.15) is 40.2 Å². The monoisotopic (exact) mass is 378 g/mol. The molecule has 1 aromatic carbocycles. The molecule has 1 aliphatic heterocycles. The number of carbonyl (C=O) groups excluding carboxylic acids is 1. The van der Waals surface area contributed by atoms with Crippen LogP contribution in [0.15, 0.2) is 29.7 Å². The number of carbonyl (C=O) groups is 1. The van der Waals surface area contributed by atoms with Gasteiger partial charge in [0.1, 0.15) is 12.4 Å². The molecule has 1 aromatic rings. The molecule has 5 nitrogen and oxygen atoms in total. The zero-order valence-corrected chi connectivity index (χ0v) is 16.9. The van der Waals surface area contributed by atoms with E-state index in [1.54, 1.807) is 6.92 Å². The molecule has 0 amide bonds. The van der Waals surface area contributed by atoms with Gasteiger partial charge in [0.2, 0.25) is 0 Å². The van der Waals surface area contributed by atoms with Gasteiger partial charge in [0.15, 0.2) is 5.12 Å². The maximum absolute atomic E-state index is 11.4. The van der Waals surface area contributed by atoms with Gasteiger partial charge < -0.3 is 19.2 Å². The molecule has 0 saturated carbocycles. The summed E-state index contributed by atoms with van der Waals surface area (Å²) in [6, 6.07) is 7.55. The maximum Gasteiger partial charge on any atom is 0.491 e. The van der Waals surface area contributed by atoms with Crippen molar-refractivity contribution in [3.05, 3.63) is 35.3 Å². The highest BCUT2D eigenvalue weighted by atomic mass is 32.2. The van der Waals surface area contributed by atoms with Crippen LogP contribution in [0, 0.1) is 0 Å². The first-order valence-electron chi connectivity index (χ1n) is 8.68. The Balaban J connectivity index is 2.21. The average Bonchev–Trinajstić information content (AvgIpc) is 2.78. The molecule has 1 saturated heterocycles. The van der Waals surface area contributed by atoms with Gasteiger partial charge in [-0.05, 0) is 50.9 Å². The molecule has 0 unspecified atom stereocenters. The lowest BCUT2D eigenvalue weighted by molar-refractivity contribution is -0.109. The van der Waals surface area contributed by atoms with Gasteiger partial charge in [0.25, 0.3) is 0 Å². The first kappa shape index (κ1) is 21.0. The Labute approximate surface area is 160 Å². The molecule has 0 aliphatic carbocycles. The van der Waals surface area contributed by atoms with Crippen LogP contribution in [0.3, 0.4) is 0 Å². The number of thioether (sulfide) groups is 1. The molecule has 1 aliphatic rings. The van der Waals surface area contributed by atoms with Gasteiger partial charge in [0.05, 0.1) is 17.8 Å². The molecular weight excluding hydrogens is 351 g/mol. The fraction of sp³-hybridized carbons (Fsp3) is 0.526. The molecule has 1 fully saturated rings. The van der Waals surface area contributed by atoms with Crippen LogP contribution < -0.4 is 4.74 Å². The zero-order valence-electron chi connectivity index (χ0n) is 16.1. The molecule has 7 heteroatoms. The highest BCUT2D eigenvalue weighted by molar-refractivity contribution is 8.13. The summed E-state index contributed by atoms with van der Waals surface area (Å²) in [5, 5.41) is 8.87. The summed E-state index contributed by atoms with van der Waals surface area (Å²) >= 11 is 1.24. The molecule has 142 valence electrons. The number of aliphatic hydroxyl groups is 1. The zero-order chi connectivity index (χ0) is 19.4. The minimum Gasteiger partial charge on any atom is -0.491 e. The van der Waals surface area contributed by atoms with E-state index in [0.29, 0.717) is 11.5 Å². The van der Waals surface area contributed by atoms with Gasteiger partial charge in [-0.3, -0.25) is 4.79 Å². The van der Waals surface area contributed by atoms with Crippen molar-refractivity contribution in [1.29, 1.82) is 0 Å². The number of hydrogen-bond donors (Lipinski definition) is 1. The Morgan fingerprint density at radius 3 is 2.27 bits per heavy atom. The van der Waals surface area contributed by atoms with Crippen LogP contribution in [0.25, 0.3) is 6.08 Å². The minimum absolute atomic E-state index is 0.0179. The van der Waals surface area contributed by atoms with Crippen LogP contribution in [-0.2, 0) is 14.1 Å². The van der Waals surface area contributed by atoms with Crippen molar-refractivity contribution in [2.45, 2.75) is 45.8 Å². The molecule has 1 heterocycles. The molecule has 0 spiro atoms. The molecule has 2 rings (SSSR count). The number of ether oxygens (including phenoxy) is 1. The summed E-state index contributed by atoms with van der Waals surface area (Å²) < 4.78 is 17.7. The Kier molecular flexibility index (Phi) is 6.96. The average molecular weight is 378 g/mol. The van der Waals surface area contributed by atoms with E-state index in [2.05, 4.69) is 0 Å². The van der Waals surface area contributed by atoms with E-state index in [1.807, 2.05) is 58.0 Å². The number of benzene rings is 1. The smallest absolute Gasteiger partial charge is 0.491 e. The third-order valence-corrected chi connectivity index (χ3v) is 5.47. The Morgan fingerprint density at radius 1 is 1.19 bits per heavy atom. The maximum atomic E-state index is 11.4. The first-order chi connectivity index (χ1) is 12.1. The quantitative estimate of drug-likeness (QED) is 0.734. The van der Waals surface area contributed by atoms with Gasteiger partial charge in [-0.25, -0.2) is 0 Å². The summed E-state index contributed by atoms with van der Waals surface area (Å²) in [5.74, 6) is 1.21. The van der Waals surface area contributed by atoms with Crippen molar-refractivity contribution in [3.8, 4) is 5.75 Å². The normalized spacial score (nSPS) is 18.8. The van der Waals surface area contributed by atoms with Crippen molar-refractivity contribution in [2.24, 2.45) is 0 Å². The van der Waals surface area contributed by atoms with E-state index < -0.39 is 18.3 Å². The molecule has 0 atom stereocenters. The second-order valence-corrected chi connectivity index (χ2v) is 8.38. The summed E-state index contributed by atoms with van der Waals surface area (Å²) in [6.07, 6.45) is 1.99. The fourth-order valence-corrected chi connectivity index (χ4v) is 2.98. The molecule has 0 radical (unpaired) electrons. The number of rotatable bonds is 7. The van der Waals surface area contributed by atoms with Crippen molar-refractivity contribution in [3.63, 3.8) is 0 Å². The van der Waals surface area contributed by atoms with Crippen LogP contribution in [-0.4, -0.2) is 47.5 Å². The van der Waals surface area contributed by atoms with Crippen LogP contribution >= 0.6 is 11.8 Å². The van der Waals surface area contributed by atoms with E-state index >= 15 is 0 Å². The van der Waals surface area contributed by atoms with Gasteiger partial charge in [-0.15, -0.1) is 0 Å². The van der Waals surface area contributed by atoms with E-state index in [0.717, 1.165) is 11.0 Å². The van der Waals surface area contributed by atoms with E-state index in [-0.39, 0.29) is 18.3 Å². The van der Waals surface area contributed by atoms with Gasteiger partial charge in [0, 0.05) is 12.7 Å². The minimum atomic E-state index is -0.489. The Hall–Kier alpha value is -1.28. The highest BCUT2D eigenvalue weighted by Crippen LogP contribution is 2.39. The van der Waals surface area contributed by atoms with Crippen LogP contribution in [0.5, 0.6) is 5.75 Å². The van der Waals surface area contributed by atoms with Crippen LogP contribution in [0.2, 0.25) is 0 Å². The van der Waals surface area contributed by atoms with E-state index in [4.69, 9.17) is 19.2 Å². The largest absolute Gasteiger partial charge is 0.491 e. The number of aliphatic hydroxyl groups excluding tert-OH is 1. The fourth-order valence-electron chi connectivity index (χ4n) is 2.39. The van der Waals surface area contributed by atoms with Crippen molar-refractivity contribution in [1.82, 2.24) is 0 Å². The molecule has 0 bridgehead atoms. The summed E-state index contributed by atoms with van der Waals surface area (Å²) in [7, 11) is -0.489. The third kappa shape index (κ3) is 5.36. The van der Waals surface area contributed by atoms with Crippen LogP contribution in [0.4, 0.5) is 0 Å². The Bertz CT molecular complexity index is 638. The predicted octanol–water partition coefficient (Wildman–Crippen LogP) is 3.35. The number of hydrogen-bond acceptors (Lipinski definition) is 6. The lowest BCUT2D eigenvalue weighted by atomic mass is 9.78.